The van der Waals surface area contributed by atoms with E-state index in [1.54, 1.807) is 12.1 Å². The van der Waals surface area contributed by atoms with E-state index in [4.69, 9.17) is 11.6 Å². The third-order valence-corrected chi connectivity index (χ3v) is 2.64. The molecule has 0 saturated heterocycles. The Hall–Kier alpha value is -0.520. The molecule has 0 fully saturated rings. The fourth-order valence-corrected chi connectivity index (χ4v) is 2.09. The van der Waals surface area contributed by atoms with Gasteiger partial charge in [0.15, 0.2) is 5.82 Å². The zero-order valence-electron chi connectivity index (χ0n) is 7.28. The molecule has 0 aliphatic carbocycles. The van der Waals surface area contributed by atoms with Gasteiger partial charge in [-0.05, 0) is 56.1 Å². The first-order valence-corrected chi connectivity index (χ1v) is 5.94. The topological polar surface area (TPSA) is 38.7 Å². The molecular weight excluding hydrogens is 345 g/mol. The van der Waals surface area contributed by atoms with Crippen LogP contribution in [-0.2, 0) is 0 Å². The number of rotatable bonds is 1. The maximum Gasteiger partial charge on any atom is 0.201 e. The van der Waals surface area contributed by atoms with Crippen LogP contribution in [0.5, 0.6) is 0 Å². The highest BCUT2D eigenvalue weighted by Crippen LogP contribution is 2.20. The summed E-state index contributed by atoms with van der Waals surface area (Å²) in [6, 6.07) is 7.30. The van der Waals surface area contributed by atoms with E-state index in [2.05, 4.69) is 46.8 Å². The van der Waals surface area contributed by atoms with Crippen LogP contribution < -0.4 is 0 Å². The highest BCUT2D eigenvalue weighted by Gasteiger charge is 2.04. The minimum Gasteiger partial charge on any atom is -0.202 e. The summed E-state index contributed by atoms with van der Waals surface area (Å²) in [6.07, 6.45) is 0. The van der Waals surface area contributed by atoms with E-state index in [1.807, 2.05) is 12.1 Å². The fourth-order valence-electron chi connectivity index (χ4n) is 1.05. The molecule has 3 nitrogen and oxygen atoms in total. The Labute approximate surface area is 108 Å². The molecule has 0 atom stereocenters. The van der Waals surface area contributed by atoms with Gasteiger partial charge in [0.2, 0.25) is 9.47 Å². The van der Waals surface area contributed by atoms with Gasteiger partial charge >= 0.3 is 0 Å². The summed E-state index contributed by atoms with van der Waals surface area (Å²) in [5, 5.41) is 0.686. The first kappa shape index (κ1) is 11.0. The van der Waals surface area contributed by atoms with Crippen molar-refractivity contribution in [1.82, 2.24) is 15.0 Å². The third-order valence-electron chi connectivity index (χ3n) is 1.68. The van der Waals surface area contributed by atoms with Crippen LogP contribution >= 0.6 is 43.5 Å². The highest BCUT2D eigenvalue weighted by atomic mass is 79.9. The van der Waals surface area contributed by atoms with Crippen molar-refractivity contribution < 1.29 is 0 Å². The third kappa shape index (κ3) is 2.74. The number of aromatic nitrogens is 3. The van der Waals surface area contributed by atoms with Gasteiger partial charge in [0.1, 0.15) is 0 Å². The molecule has 6 heteroatoms. The number of hydrogen-bond acceptors (Lipinski definition) is 3. The maximum atomic E-state index is 5.79. The number of benzene rings is 1. The van der Waals surface area contributed by atoms with Gasteiger partial charge in [-0.2, -0.15) is 4.98 Å². The van der Waals surface area contributed by atoms with E-state index < -0.39 is 0 Å². The normalized spacial score (nSPS) is 10.3. The zero-order chi connectivity index (χ0) is 10.8. The lowest BCUT2D eigenvalue weighted by Gasteiger charge is -2.00. The Morgan fingerprint density at radius 3 is 1.93 bits per heavy atom. The van der Waals surface area contributed by atoms with Gasteiger partial charge < -0.3 is 0 Å². The molecule has 1 heterocycles. The van der Waals surface area contributed by atoms with E-state index in [-0.39, 0.29) is 0 Å². The van der Waals surface area contributed by atoms with Crippen LogP contribution in [0.25, 0.3) is 11.4 Å². The second-order valence-corrected chi connectivity index (χ2v) is 4.56. The first-order chi connectivity index (χ1) is 7.15. The van der Waals surface area contributed by atoms with Crippen LogP contribution in [0.2, 0.25) is 5.02 Å². The van der Waals surface area contributed by atoms with Gasteiger partial charge in [-0.3, -0.25) is 0 Å². The molecule has 0 amide bonds. The summed E-state index contributed by atoms with van der Waals surface area (Å²) < 4.78 is 0.989. The Bertz CT molecular complexity index is 467. The molecule has 76 valence electrons. The summed E-state index contributed by atoms with van der Waals surface area (Å²) in [5.41, 5.74) is 0.892. The second-order valence-electron chi connectivity index (χ2n) is 2.70. The molecule has 0 unspecified atom stereocenters. The van der Waals surface area contributed by atoms with Gasteiger partial charge in [-0.1, -0.05) is 11.6 Å². The van der Waals surface area contributed by atoms with Crippen LogP contribution in [0, 0.1) is 0 Å². The fraction of sp³-hybridized carbons (Fsp3) is 0. The lowest BCUT2D eigenvalue weighted by atomic mass is 10.2. The SMILES string of the molecule is Clc1ccc(-c2nc(Br)nc(Br)n2)cc1. The van der Waals surface area contributed by atoms with E-state index >= 15 is 0 Å². The predicted molar refractivity (Wildman–Crippen MR) is 65.7 cm³/mol. The minimum absolute atomic E-state index is 0.495. The second kappa shape index (κ2) is 4.55. The standard InChI is InChI=1S/C9H4Br2ClN3/c10-8-13-7(14-9(11)15-8)5-1-3-6(12)4-2-5/h1-4H. The molecule has 2 rings (SSSR count). The molecule has 1 aromatic heterocycles. The molecule has 2 aromatic rings. The molecule has 0 N–H and O–H groups in total. The van der Waals surface area contributed by atoms with E-state index in [1.165, 1.54) is 0 Å². The van der Waals surface area contributed by atoms with Crippen LogP contribution in [-0.4, -0.2) is 15.0 Å². The van der Waals surface area contributed by atoms with Crippen molar-refractivity contribution in [3.05, 3.63) is 38.8 Å². The van der Waals surface area contributed by atoms with Crippen molar-refractivity contribution in [1.29, 1.82) is 0 Å². The zero-order valence-corrected chi connectivity index (χ0v) is 11.2. The van der Waals surface area contributed by atoms with Crippen molar-refractivity contribution in [3.8, 4) is 11.4 Å². The van der Waals surface area contributed by atoms with E-state index in [9.17, 15) is 0 Å². The Morgan fingerprint density at radius 1 is 0.867 bits per heavy atom. The molecular formula is C9H4Br2ClN3. The molecule has 0 aliphatic heterocycles. The van der Waals surface area contributed by atoms with Crippen LogP contribution in [0.1, 0.15) is 0 Å². The summed E-state index contributed by atoms with van der Waals surface area (Å²) >= 11 is 12.2. The molecule has 0 bridgehead atoms. The minimum atomic E-state index is 0.495. The van der Waals surface area contributed by atoms with Gasteiger partial charge in [0.25, 0.3) is 0 Å². The van der Waals surface area contributed by atoms with Crippen molar-refractivity contribution in [2.45, 2.75) is 0 Å². The van der Waals surface area contributed by atoms with Crippen LogP contribution in [0.3, 0.4) is 0 Å². The van der Waals surface area contributed by atoms with Gasteiger partial charge in [-0.15, -0.1) is 0 Å². The average molecular weight is 349 g/mol. The molecule has 1 aromatic carbocycles. The number of halogens is 3. The molecule has 0 spiro atoms. The quantitative estimate of drug-likeness (QED) is 0.788. The van der Waals surface area contributed by atoms with E-state index in [0.717, 1.165) is 5.56 Å². The molecule has 0 radical (unpaired) electrons. The highest BCUT2D eigenvalue weighted by molar-refractivity contribution is 9.11. The van der Waals surface area contributed by atoms with Gasteiger partial charge in [-0.25, -0.2) is 9.97 Å². The summed E-state index contributed by atoms with van der Waals surface area (Å²) in [6.45, 7) is 0. The van der Waals surface area contributed by atoms with E-state index in [0.29, 0.717) is 20.3 Å². The van der Waals surface area contributed by atoms with Crippen molar-refractivity contribution in [3.63, 3.8) is 0 Å². The van der Waals surface area contributed by atoms with Crippen molar-refractivity contribution in [2.75, 3.05) is 0 Å². The largest absolute Gasteiger partial charge is 0.202 e. The Balaban J connectivity index is 2.49. The van der Waals surface area contributed by atoms with Crippen molar-refractivity contribution >= 4 is 43.5 Å². The van der Waals surface area contributed by atoms with Gasteiger partial charge in [0.05, 0.1) is 0 Å². The molecule has 15 heavy (non-hydrogen) atoms. The summed E-state index contributed by atoms with van der Waals surface area (Å²) in [4.78, 5) is 12.3. The molecule has 0 saturated carbocycles. The monoisotopic (exact) mass is 347 g/mol. The van der Waals surface area contributed by atoms with Crippen LogP contribution in [0.15, 0.2) is 33.7 Å². The van der Waals surface area contributed by atoms with Gasteiger partial charge in [0, 0.05) is 10.6 Å². The Kier molecular flexibility index (Phi) is 3.33. The Morgan fingerprint density at radius 2 is 1.40 bits per heavy atom. The first-order valence-electron chi connectivity index (χ1n) is 3.98. The number of nitrogens with zero attached hydrogens (tertiary/aromatic N) is 3. The lowest BCUT2D eigenvalue weighted by molar-refractivity contribution is 0.984. The average Bonchev–Trinajstić information content (AvgIpc) is 2.17. The summed E-state index contributed by atoms with van der Waals surface area (Å²) in [5.74, 6) is 0.598. The summed E-state index contributed by atoms with van der Waals surface area (Å²) in [7, 11) is 0. The van der Waals surface area contributed by atoms with Crippen LogP contribution in [0.4, 0.5) is 0 Å². The molecule has 0 aliphatic rings. The maximum absolute atomic E-state index is 5.79. The predicted octanol–water partition coefficient (Wildman–Crippen LogP) is 3.72. The number of hydrogen-bond donors (Lipinski definition) is 0. The smallest absolute Gasteiger partial charge is 0.201 e. The lowest BCUT2D eigenvalue weighted by Crippen LogP contribution is -1.93. The van der Waals surface area contributed by atoms with Crippen molar-refractivity contribution in [2.24, 2.45) is 0 Å².